The molecule has 0 radical (unpaired) electrons. The van der Waals surface area contributed by atoms with Crippen molar-refractivity contribution in [1.29, 1.82) is 0 Å². The van der Waals surface area contributed by atoms with E-state index in [9.17, 15) is 37.1 Å². The normalized spacial score (nSPS) is 19.6. The van der Waals surface area contributed by atoms with Crippen molar-refractivity contribution in [3.05, 3.63) is 47.6 Å². The number of halogens is 3. The van der Waals surface area contributed by atoms with E-state index in [0.717, 1.165) is 45.2 Å². The number of alkyl halides is 3. The van der Waals surface area contributed by atoms with E-state index in [1.807, 2.05) is 45.9 Å². The van der Waals surface area contributed by atoms with Gasteiger partial charge in [-0.2, -0.15) is 13.2 Å². The quantitative estimate of drug-likeness (QED) is 0.393. The van der Waals surface area contributed by atoms with Gasteiger partial charge in [0.1, 0.15) is 5.60 Å². The first-order valence-corrected chi connectivity index (χ1v) is 16.7. The van der Waals surface area contributed by atoms with E-state index in [2.05, 4.69) is 5.32 Å². The molecule has 12 nitrogen and oxygen atoms in total. The highest BCUT2D eigenvalue weighted by Gasteiger charge is 2.38. The standard InChI is InChI=1S/C19H28N2O4.C14H20N2O2.C2HF3O2/c1-14(17(23)21-10-6-5-7-16(21)22)13-15-8-11-20(12-9-15)18(24)25-19(2,3)4;1-11(10-12-5-7-15-8-6-12)14(18)16-9-3-2-4-13(16)17;3-2(4,5)1(6)7/h5,7,13,15H,6,8-12H2,1-4H3;2,4,10,12,15H,3,5-9H2,1H3;(H,6,7)/b14-13+;11-10+;. The van der Waals surface area contributed by atoms with E-state index in [4.69, 9.17) is 14.6 Å². The molecule has 50 heavy (non-hydrogen) atoms. The SMILES string of the molecule is C/C(=C\C1CCN(C(=O)OC(C)(C)C)CC1)C(=O)N1CCC=CC1=O.C/C(=C\C1CCNCC1)C(=O)N1CCC=CC1=O.O=C(O)C(F)(F)F. The van der Waals surface area contributed by atoms with Crippen LogP contribution in [0.25, 0.3) is 0 Å². The summed E-state index contributed by atoms with van der Waals surface area (Å²) in [4.78, 5) is 73.3. The molecule has 2 N–H and O–H groups in total. The number of ether oxygens (including phenoxy) is 1. The maximum Gasteiger partial charge on any atom is 0.490 e. The molecule has 0 aromatic carbocycles. The second-order valence-corrected chi connectivity index (χ2v) is 13.4. The molecule has 4 heterocycles. The molecule has 0 atom stereocenters. The van der Waals surface area contributed by atoms with Crippen molar-refractivity contribution in [2.24, 2.45) is 11.8 Å². The molecule has 5 amide bonds. The predicted octanol–water partition coefficient (Wildman–Crippen LogP) is 4.78. The number of imide groups is 2. The number of allylic oxidation sites excluding steroid dienone is 2. The highest BCUT2D eigenvalue weighted by molar-refractivity contribution is 6.08. The number of carbonyl (C=O) groups is 6. The van der Waals surface area contributed by atoms with Gasteiger partial charge in [-0.3, -0.25) is 29.0 Å². The average Bonchev–Trinajstić information content (AvgIpc) is 3.04. The summed E-state index contributed by atoms with van der Waals surface area (Å²) in [5.41, 5.74) is 0.802. The number of carboxylic acids is 1. The molecule has 4 aliphatic rings. The summed E-state index contributed by atoms with van der Waals surface area (Å²) in [5, 5.41) is 10.4. The largest absolute Gasteiger partial charge is 0.490 e. The van der Waals surface area contributed by atoms with Crippen LogP contribution >= 0.6 is 0 Å². The third-order valence-electron chi connectivity index (χ3n) is 8.05. The molecule has 4 aliphatic heterocycles. The van der Waals surface area contributed by atoms with E-state index in [1.165, 1.54) is 22.0 Å². The van der Waals surface area contributed by atoms with E-state index in [-0.39, 0.29) is 35.6 Å². The van der Waals surface area contributed by atoms with E-state index in [0.29, 0.717) is 49.7 Å². The molecule has 0 aromatic heterocycles. The van der Waals surface area contributed by atoms with E-state index in [1.54, 1.807) is 17.9 Å². The molecule has 0 aliphatic carbocycles. The first-order chi connectivity index (χ1) is 23.3. The van der Waals surface area contributed by atoms with E-state index >= 15 is 0 Å². The molecule has 2 saturated heterocycles. The third-order valence-corrected chi connectivity index (χ3v) is 8.05. The Bertz CT molecular complexity index is 1370. The second-order valence-electron chi connectivity index (χ2n) is 13.4. The Labute approximate surface area is 291 Å². The number of amides is 5. The molecule has 15 heteroatoms. The maximum atomic E-state index is 12.4. The molecular weight excluding hydrogens is 661 g/mol. The van der Waals surface area contributed by atoms with E-state index < -0.39 is 17.7 Å². The molecular formula is C35H49F3N4O8. The van der Waals surface area contributed by atoms with Gasteiger partial charge in [-0.05, 0) is 110 Å². The summed E-state index contributed by atoms with van der Waals surface area (Å²) in [6.07, 6.45) is 10.3. The number of carbonyl (C=O) groups excluding carboxylic acids is 5. The van der Waals surface area contributed by atoms with Crippen LogP contribution in [0.4, 0.5) is 18.0 Å². The van der Waals surface area contributed by atoms with Crippen molar-refractivity contribution in [1.82, 2.24) is 20.0 Å². The van der Waals surface area contributed by atoms with Gasteiger partial charge in [-0.1, -0.05) is 24.3 Å². The summed E-state index contributed by atoms with van der Waals surface area (Å²) in [6, 6.07) is 0. The minimum Gasteiger partial charge on any atom is -0.475 e. The van der Waals surface area contributed by atoms with Gasteiger partial charge >= 0.3 is 18.2 Å². The summed E-state index contributed by atoms with van der Waals surface area (Å²) in [6.45, 7) is 13.3. The number of rotatable bonds is 4. The molecule has 0 saturated carbocycles. The van der Waals surface area contributed by atoms with Gasteiger partial charge in [-0.15, -0.1) is 0 Å². The first kappa shape index (κ1) is 41.9. The van der Waals surface area contributed by atoms with Crippen LogP contribution in [0.2, 0.25) is 0 Å². The number of hydrogen-bond acceptors (Lipinski definition) is 8. The van der Waals surface area contributed by atoms with Crippen LogP contribution in [0.3, 0.4) is 0 Å². The molecule has 4 rings (SSSR count). The van der Waals surface area contributed by atoms with Crippen molar-refractivity contribution in [3.63, 3.8) is 0 Å². The van der Waals surface area contributed by atoms with Gasteiger partial charge in [0.05, 0.1) is 0 Å². The van der Waals surface area contributed by atoms with Crippen molar-refractivity contribution >= 4 is 35.7 Å². The highest BCUT2D eigenvalue weighted by Crippen LogP contribution is 2.23. The summed E-state index contributed by atoms with van der Waals surface area (Å²) in [5.74, 6) is -2.85. The molecule has 2 fully saturated rings. The van der Waals surface area contributed by atoms with Crippen LogP contribution in [0.15, 0.2) is 47.6 Å². The fraction of sp³-hybridized carbons (Fsp3) is 0.600. The molecule has 0 aromatic rings. The Morgan fingerprint density at radius 3 is 1.54 bits per heavy atom. The smallest absolute Gasteiger partial charge is 0.475 e. The Hall–Kier alpha value is -4.27. The van der Waals surface area contributed by atoms with Gasteiger partial charge in [0, 0.05) is 37.3 Å². The Balaban J connectivity index is 0.000000301. The maximum absolute atomic E-state index is 12.4. The number of nitrogens with one attached hydrogen (secondary N) is 1. The topological polar surface area (TPSA) is 154 Å². The lowest BCUT2D eigenvalue weighted by Crippen LogP contribution is -2.42. The Kier molecular flexibility index (Phi) is 16.1. The number of carboxylic acid groups (broad SMARTS) is 1. The Morgan fingerprint density at radius 1 is 0.780 bits per heavy atom. The Morgan fingerprint density at radius 2 is 1.18 bits per heavy atom. The minimum atomic E-state index is -5.08. The van der Waals surface area contributed by atoms with Gasteiger partial charge in [0.2, 0.25) is 0 Å². The van der Waals surface area contributed by atoms with Crippen LogP contribution in [-0.2, 0) is 28.7 Å². The first-order valence-electron chi connectivity index (χ1n) is 16.7. The average molecular weight is 711 g/mol. The zero-order valence-electron chi connectivity index (χ0n) is 29.4. The van der Waals surface area contributed by atoms with Crippen LogP contribution in [0.5, 0.6) is 0 Å². The highest BCUT2D eigenvalue weighted by atomic mass is 19.4. The minimum absolute atomic E-state index is 0.136. The van der Waals surface area contributed by atoms with Gasteiger partial charge in [-0.25, -0.2) is 9.59 Å². The molecule has 0 spiro atoms. The zero-order chi connectivity index (χ0) is 37.6. The lowest BCUT2D eigenvalue weighted by Gasteiger charge is -2.32. The predicted molar refractivity (Wildman–Crippen MR) is 178 cm³/mol. The second kappa shape index (κ2) is 19.2. The lowest BCUT2D eigenvalue weighted by molar-refractivity contribution is -0.192. The van der Waals surface area contributed by atoms with Crippen LogP contribution < -0.4 is 5.32 Å². The molecule has 278 valence electrons. The van der Waals surface area contributed by atoms with Crippen LogP contribution in [0, 0.1) is 11.8 Å². The summed E-state index contributed by atoms with van der Waals surface area (Å²) < 4.78 is 37.1. The number of piperidine rings is 2. The number of likely N-dealkylation sites (tertiary alicyclic amines) is 1. The third kappa shape index (κ3) is 14.3. The van der Waals surface area contributed by atoms with Gasteiger partial charge in [0.25, 0.3) is 23.6 Å². The molecule has 0 unspecified atom stereocenters. The van der Waals surface area contributed by atoms with Crippen molar-refractivity contribution in [3.8, 4) is 0 Å². The number of aliphatic carboxylic acids is 1. The lowest BCUT2D eigenvalue weighted by atomic mass is 9.94. The van der Waals surface area contributed by atoms with Crippen LogP contribution in [0.1, 0.15) is 73.1 Å². The summed E-state index contributed by atoms with van der Waals surface area (Å²) in [7, 11) is 0. The molecule has 0 bridgehead atoms. The number of hydrogen-bond donors (Lipinski definition) is 2. The summed E-state index contributed by atoms with van der Waals surface area (Å²) >= 11 is 0. The van der Waals surface area contributed by atoms with Crippen molar-refractivity contribution < 1.29 is 51.8 Å². The van der Waals surface area contributed by atoms with Crippen molar-refractivity contribution in [2.75, 3.05) is 39.3 Å². The van der Waals surface area contributed by atoms with Crippen molar-refractivity contribution in [2.45, 2.75) is 84.9 Å². The fourth-order valence-corrected chi connectivity index (χ4v) is 5.44. The monoisotopic (exact) mass is 710 g/mol. The fourth-order valence-electron chi connectivity index (χ4n) is 5.44. The van der Waals surface area contributed by atoms with Gasteiger partial charge in [0.15, 0.2) is 0 Å². The van der Waals surface area contributed by atoms with Crippen LogP contribution in [-0.4, -0.2) is 107 Å². The number of nitrogens with zero attached hydrogens (tertiary/aromatic N) is 3. The van der Waals surface area contributed by atoms with Gasteiger partial charge < -0.3 is 20.1 Å². The zero-order valence-corrected chi connectivity index (χ0v) is 29.4.